The van der Waals surface area contributed by atoms with Crippen LogP contribution in [0.5, 0.6) is 0 Å². The lowest BCUT2D eigenvalue weighted by Crippen LogP contribution is -2.62. The largest absolute Gasteiger partial charge is 0.468 e. The maximum Gasteiger partial charge on any atom is 0.333 e. The van der Waals surface area contributed by atoms with Crippen molar-refractivity contribution in [3.63, 3.8) is 0 Å². The van der Waals surface area contributed by atoms with E-state index in [0.717, 1.165) is 47.1 Å². The van der Waals surface area contributed by atoms with Crippen molar-refractivity contribution in [3.8, 4) is 0 Å². The van der Waals surface area contributed by atoms with Gasteiger partial charge < -0.3 is 33.2 Å². The number of methoxy groups -OCH3 is 1. The molecule has 168 valence electrons. The van der Waals surface area contributed by atoms with Gasteiger partial charge in [0, 0.05) is 27.7 Å². The zero-order chi connectivity index (χ0) is 22.8. The molecule has 1 aliphatic rings. The Morgan fingerprint density at radius 2 is 1.33 bits per heavy atom. The summed E-state index contributed by atoms with van der Waals surface area (Å²) in [5.74, 6) is -3.67. The van der Waals surface area contributed by atoms with Crippen molar-refractivity contribution >= 4 is 29.8 Å². The molecule has 0 unspecified atom stereocenters. The van der Waals surface area contributed by atoms with E-state index in [4.69, 9.17) is 28.4 Å². The number of rotatable bonds is 8. The predicted octanol–water partition coefficient (Wildman–Crippen LogP) is -0.227. The molecule has 12 nitrogen and oxygen atoms in total. The van der Waals surface area contributed by atoms with Crippen LogP contribution in [-0.2, 0) is 57.1 Å². The van der Waals surface area contributed by atoms with Gasteiger partial charge in [-0.1, -0.05) is 0 Å². The second-order valence-electron chi connectivity index (χ2n) is 6.03. The van der Waals surface area contributed by atoms with Crippen LogP contribution in [0, 0.1) is 0 Å². The van der Waals surface area contributed by atoms with Gasteiger partial charge in [0.15, 0.2) is 12.2 Å². The molecule has 0 saturated carbocycles. The van der Waals surface area contributed by atoms with Gasteiger partial charge in [0.2, 0.25) is 12.4 Å². The lowest BCUT2D eigenvalue weighted by molar-refractivity contribution is -0.297. The van der Waals surface area contributed by atoms with E-state index in [1.54, 1.807) is 0 Å². The van der Waals surface area contributed by atoms with Gasteiger partial charge in [0.1, 0.15) is 12.7 Å². The van der Waals surface area contributed by atoms with Gasteiger partial charge >= 0.3 is 29.8 Å². The van der Waals surface area contributed by atoms with Gasteiger partial charge in [-0.3, -0.25) is 19.2 Å². The lowest BCUT2D eigenvalue weighted by atomic mass is 9.98. The number of hydrogen-bond acceptors (Lipinski definition) is 12. The molecular formula is C18H24O12. The van der Waals surface area contributed by atoms with Crippen molar-refractivity contribution in [3.05, 3.63) is 12.3 Å². The van der Waals surface area contributed by atoms with Crippen LogP contribution in [-0.4, -0.2) is 74.3 Å². The molecular weight excluding hydrogens is 408 g/mol. The van der Waals surface area contributed by atoms with Crippen molar-refractivity contribution in [2.45, 2.75) is 58.4 Å². The Kier molecular flexibility index (Phi) is 9.75. The number of ether oxygens (including phenoxy) is 7. The van der Waals surface area contributed by atoms with Crippen LogP contribution in [0.25, 0.3) is 0 Å². The highest BCUT2D eigenvalue weighted by Crippen LogP contribution is 2.30. The van der Waals surface area contributed by atoms with Gasteiger partial charge in [-0.2, -0.15) is 0 Å². The first-order valence-electron chi connectivity index (χ1n) is 8.75. The average Bonchev–Trinajstić information content (AvgIpc) is 2.63. The van der Waals surface area contributed by atoms with E-state index in [1.165, 1.54) is 0 Å². The fourth-order valence-electron chi connectivity index (χ4n) is 2.54. The van der Waals surface area contributed by atoms with Crippen molar-refractivity contribution in [2.75, 3.05) is 13.7 Å². The normalized spacial score (nSPS) is 25.7. The predicted molar refractivity (Wildman–Crippen MR) is 94.2 cm³/mol. The van der Waals surface area contributed by atoms with Crippen molar-refractivity contribution < 1.29 is 57.1 Å². The number of carbonyl (C=O) groups is 5. The highest BCUT2D eigenvalue weighted by molar-refractivity contribution is 5.81. The molecule has 30 heavy (non-hydrogen) atoms. The fraction of sp³-hybridized carbons (Fsp3) is 0.611. The van der Waals surface area contributed by atoms with Crippen LogP contribution in [0.3, 0.4) is 0 Å². The smallest absolute Gasteiger partial charge is 0.333 e. The van der Waals surface area contributed by atoms with E-state index in [1.807, 2.05) is 0 Å². The Morgan fingerprint density at radius 3 is 1.83 bits per heavy atom. The Balaban J connectivity index is 3.28. The molecule has 0 spiro atoms. The molecule has 0 amide bonds. The minimum absolute atomic E-state index is 0.390. The Labute approximate surface area is 172 Å². The fourth-order valence-corrected chi connectivity index (χ4v) is 2.54. The van der Waals surface area contributed by atoms with E-state index in [9.17, 15) is 24.0 Å². The maximum atomic E-state index is 11.7. The molecule has 1 fully saturated rings. The lowest BCUT2D eigenvalue weighted by Gasteiger charge is -2.43. The minimum atomic E-state index is -1.41. The molecule has 0 N–H and O–H groups in total. The van der Waals surface area contributed by atoms with Gasteiger partial charge in [0.05, 0.1) is 19.4 Å². The molecule has 0 aromatic carbocycles. The van der Waals surface area contributed by atoms with Gasteiger partial charge in [-0.25, -0.2) is 4.79 Å². The average molecular weight is 432 g/mol. The maximum absolute atomic E-state index is 11.7. The second kappa shape index (κ2) is 11.8. The first-order chi connectivity index (χ1) is 14.0. The summed E-state index contributed by atoms with van der Waals surface area (Å²) in [5.41, 5.74) is 0. The summed E-state index contributed by atoms with van der Waals surface area (Å²) in [7, 11) is 1.15. The highest BCUT2D eigenvalue weighted by atomic mass is 16.7. The van der Waals surface area contributed by atoms with Crippen LogP contribution in [0.15, 0.2) is 12.3 Å². The molecule has 0 aromatic heterocycles. The Hall–Kier alpha value is -3.15. The minimum Gasteiger partial charge on any atom is -0.468 e. The standard InChI is InChI=1S/C18H24O12/c1-9(19)26-8-13-15(27-10(2)20)16(28-11(3)21)17(29-12(4)22)18(30-13)25-7-6-14(23)24-5/h6-7,13,15-18H,8H2,1-5H3/b7-6+/t13-,15-,16+,17-,18-/m1/s1. The molecule has 1 saturated heterocycles. The molecule has 0 aromatic rings. The van der Waals surface area contributed by atoms with Crippen molar-refractivity contribution in [1.29, 1.82) is 0 Å². The monoisotopic (exact) mass is 432 g/mol. The highest BCUT2D eigenvalue weighted by Gasteiger charge is 2.53. The first-order valence-corrected chi connectivity index (χ1v) is 8.75. The van der Waals surface area contributed by atoms with Crippen molar-refractivity contribution in [1.82, 2.24) is 0 Å². The number of carbonyl (C=O) groups excluding carboxylic acids is 5. The zero-order valence-electron chi connectivity index (χ0n) is 17.1. The molecule has 12 heteroatoms. The van der Waals surface area contributed by atoms with Crippen LogP contribution >= 0.6 is 0 Å². The third kappa shape index (κ3) is 8.07. The molecule has 0 bridgehead atoms. The van der Waals surface area contributed by atoms with Crippen LogP contribution in [0.4, 0.5) is 0 Å². The summed E-state index contributed by atoms with van der Waals surface area (Å²) < 4.78 is 35.9. The van der Waals surface area contributed by atoms with E-state index < -0.39 is 67.2 Å². The summed E-state index contributed by atoms with van der Waals surface area (Å²) in [6, 6.07) is 0. The van der Waals surface area contributed by atoms with E-state index in [2.05, 4.69) is 4.74 Å². The summed E-state index contributed by atoms with van der Waals surface area (Å²) >= 11 is 0. The van der Waals surface area contributed by atoms with Crippen LogP contribution < -0.4 is 0 Å². The Bertz CT molecular complexity index is 685. The first kappa shape index (κ1) is 24.9. The second-order valence-corrected chi connectivity index (χ2v) is 6.03. The molecule has 5 atom stereocenters. The molecule has 0 radical (unpaired) electrons. The topological polar surface area (TPSA) is 150 Å². The number of hydrogen-bond donors (Lipinski definition) is 0. The van der Waals surface area contributed by atoms with Crippen LogP contribution in [0.2, 0.25) is 0 Å². The third-order valence-corrected chi connectivity index (χ3v) is 3.57. The summed E-state index contributed by atoms with van der Waals surface area (Å²) in [4.78, 5) is 57.3. The molecule has 1 heterocycles. The molecule has 0 aliphatic carbocycles. The van der Waals surface area contributed by atoms with E-state index >= 15 is 0 Å². The van der Waals surface area contributed by atoms with E-state index in [0.29, 0.717) is 0 Å². The van der Waals surface area contributed by atoms with Gasteiger partial charge in [0.25, 0.3) is 0 Å². The SMILES string of the molecule is COC(=O)/C=C/O[C@@H]1O[C@H](COC(C)=O)[C@@H](OC(C)=O)[C@H](OC(C)=O)[C@H]1OC(C)=O. The zero-order valence-corrected chi connectivity index (χ0v) is 17.1. The summed E-state index contributed by atoms with van der Waals surface area (Å²) in [6.45, 7) is 4.06. The van der Waals surface area contributed by atoms with Crippen molar-refractivity contribution in [2.24, 2.45) is 0 Å². The molecule has 1 rings (SSSR count). The quantitative estimate of drug-likeness (QED) is 0.216. The molecule has 1 aliphatic heterocycles. The summed E-state index contributed by atoms with van der Waals surface area (Å²) in [6.07, 6.45) is -4.74. The van der Waals surface area contributed by atoms with Crippen LogP contribution in [0.1, 0.15) is 27.7 Å². The Morgan fingerprint density at radius 1 is 0.800 bits per heavy atom. The number of esters is 5. The van der Waals surface area contributed by atoms with Gasteiger partial charge in [-0.15, -0.1) is 0 Å². The third-order valence-electron chi connectivity index (χ3n) is 3.57. The van der Waals surface area contributed by atoms with Gasteiger partial charge in [-0.05, 0) is 0 Å². The summed E-state index contributed by atoms with van der Waals surface area (Å²) in [5, 5.41) is 0. The van der Waals surface area contributed by atoms with E-state index in [-0.39, 0.29) is 0 Å².